The second kappa shape index (κ2) is 10.1. The van der Waals surface area contributed by atoms with E-state index in [1.54, 1.807) is 12.1 Å². The minimum Gasteiger partial charge on any atom is -0.496 e. The van der Waals surface area contributed by atoms with Gasteiger partial charge in [-0.2, -0.15) is 0 Å². The summed E-state index contributed by atoms with van der Waals surface area (Å²) < 4.78 is 18.6. The van der Waals surface area contributed by atoms with Crippen LogP contribution < -0.4 is 15.4 Å². The molecule has 0 saturated carbocycles. The average molecular weight is 425 g/mol. The molecule has 2 aromatic carbocycles. The fraction of sp³-hybridized carbons (Fsp3) is 0.316. The lowest BCUT2D eigenvalue weighted by atomic mass is 10.0. The van der Waals surface area contributed by atoms with E-state index in [0.29, 0.717) is 25.4 Å². The zero-order chi connectivity index (χ0) is 20.1. The number of nitrogens with one attached hydrogen (secondary N) is 2. The third-order valence-electron chi connectivity index (χ3n) is 4.61. The summed E-state index contributed by atoms with van der Waals surface area (Å²) >= 11 is 0. The van der Waals surface area contributed by atoms with Gasteiger partial charge in [0.15, 0.2) is 0 Å². The van der Waals surface area contributed by atoms with E-state index in [4.69, 9.17) is 4.74 Å². The second-order valence-electron chi connectivity index (χ2n) is 6.43. The monoisotopic (exact) mass is 424 g/mol. The number of anilines is 1. The number of ether oxygens (including phenoxy) is 1. The smallest absolute Gasteiger partial charge is 0.296 e. The quantitative estimate of drug-likeness (QED) is 0.546. The van der Waals surface area contributed by atoms with Crippen LogP contribution in [-0.4, -0.2) is 49.0 Å². The third kappa shape index (κ3) is 5.63. The van der Waals surface area contributed by atoms with Crippen LogP contribution in [0.5, 0.6) is 5.75 Å². The number of carbonyl (C=O) groups is 1. The van der Waals surface area contributed by atoms with Crippen molar-refractivity contribution in [3.05, 3.63) is 64.0 Å². The Labute approximate surface area is 173 Å². The van der Waals surface area contributed by atoms with Gasteiger partial charge in [-0.15, -0.1) is 12.4 Å². The maximum Gasteiger partial charge on any atom is 0.296 e. The van der Waals surface area contributed by atoms with Gasteiger partial charge in [0.05, 0.1) is 24.6 Å². The van der Waals surface area contributed by atoms with Crippen LogP contribution in [0.4, 0.5) is 15.8 Å². The molecule has 1 aliphatic rings. The van der Waals surface area contributed by atoms with Crippen molar-refractivity contribution in [2.75, 3.05) is 38.6 Å². The predicted octanol–water partition coefficient (Wildman–Crippen LogP) is 2.75. The van der Waals surface area contributed by atoms with Crippen molar-refractivity contribution in [1.29, 1.82) is 0 Å². The summed E-state index contributed by atoms with van der Waals surface area (Å²) in [6, 6.07) is 10.4. The number of nitrogens with zero attached hydrogens (tertiary/aromatic N) is 2. The Bertz CT molecular complexity index is 883. The molecule has 0 aromatic heterocycles. The SMILES string of the molecule is COc1ccc(NC(=O)CN2CCNCC2c2cccc(F)c2)c([N+](=O)[O-])c1.Cl. The lowest BCUT2D eigenvalue weighted by molar-refractivity contribution is -0.384. The first kappa shape index (κ1) is 22.5. The topological polar surface area (TPSA) is 96.7 Å². The Morgan fingerprint density at radius 1 is 1.38 bits per heavy atom. The fourth-order valence-electron chi connectivity index (χ4n) is 3.25. The Morgan fingerprint density at radius 3 is 2.86 bits per heavy atom. The number of methoxy groups -OCH3 is 1. The maximum absolute atomic E-state index is 13.6. The van der Waals surface area contributed by atoms with Gasteiger partial charge in [-0.3, -0.25) is 19.8 Å². The summed E-state index contributed by atoms with van der Waals surface area (Å²) in [6.07, 6.45) is 0. The van der Waals surface area contributed by atoms with Crippen molar-refractivity contribution >= 4 is 29.7 Å². The molecule has 0 aliphatic carbocycles. The van der Waals surface area contributed by atoms with Crippen LogP contribution in [0.1, 0.15) is 11.6 Å². The van der Waals surface area contributed by atoms with Crippen LogP contribution in [0.3, 0.4) is 0 Å². The number of nitro groups is 1. The van der Waals surface area contributed by atoms with Gasteiger partial charge in [0.2, 0.25) is 5.91 Å². The summed E-state index contributed by atoms with van der Waals surface area (Å²) in [5, 5.41) is 17.1. The molecule has 1 atom stereocenters. The Balaban J connectivity index is 0.00000300. The van der Waals surface area contributed by atoms with E-state index in [1.165, 1.54) is 31.4 Å². The summed E-state index contributed by atoms with van der Waals surface area (Å²) in [5.74, 6) is -0.379. The molecule has 1 fully saturated rings. The number of hydrogen-bond donors (Lipinski definition) is 2. The molecule has 1 heterocycles. The predicted molar refractivity (Wildman–Crippen MR) is 109 cm³/mol. The zero-order valence-corrected chi connectivity index (χ0v) is 16.6. The first-order chi connectivity index (χ1) is 13.5. The van der Waals surface area contributed by atoms with E-state index in [0.717, 1.165) is 5.56 Å². The first-order valence-electron chi connectivity index (χ1n) is 8.80. The lowest BCUT2D eigenvalue weighted by Crippen LogP contribution is -2.48. The standard InChI is InChI=1S/C19H21FN4O4.ClH/c1-28-15-5-6-16(17(10-15)24(26)27)22-19(25)12-23-8-7-21-11-18(23)13-3-2-4-14(20)9-13;/h2-6,9-10,18,21H,7-8,11-12H2,1H3,(H,22,25);1H. The summed E-state index contributed by atoms with van der Waals surface area (Å²) in [5.41, 5.74) is 0.637. The van der Waals surface area contributed by atoms with Gasteiger partial charge < -0.3 is 15.4 Å². The van der Waals surface area contributed by atoms with Crippen molar-refractivity contribution < 1.29 is 18.8 Å². The van der Waals surface area contributed by atoms with E-state index in [9.17, 15) is 19.3 Å². The van der Waals surface area contributed by atoms with Gasteiger partial charge in [-0.25, -0.2) is 4.39 Å². The number of nitro benzene ring substituents is 1. The molecule has 10 heteroatoms. The van der Waals surface area contributed by atoms with Crippen LogP contribution in [0, 0.1) is 15.9 Å². The molecule has 2 N–H and O–H groups in total. The minimum absolute atomic E-state index is 0. The van der Waals surface area contributed by atoms with Crippen molar-refractivity contribution in [2.45, 2.75) is 6.04 Å². The Hall–Kier alpha value is -2.75. The van der Waals surface area contributed by atoms with Gasteiger partial charge in [-0.1, -0.05) is 12.1 Å². The molecule has 1 aliphatic heterocycles. The van der Waals surface area contributed by atoms with E-state index in [-0.39, 0.29) is 48.1 Å². The zero-order valence-electron chi connectivity index (χ0n) is 15.8. The molecule has 3 rings (SSSR count). The molecular weight excluding hydrogens is 403 g/mol. The first-order valence-corrected chi connectivity index (χ1v) is 8.80. The highest BCUT2D eigenvalue weighted by Gasteiger charge is 2.26. The summed E-state index contributed by atoms with van der Waals surface area (Å²) in [6.45, 7) is 1.91. The largest absolute Gasteiger partial charge is 0.496 e. The maximum atomic E-state index is 13.6. The number of benzene rings is 2. The highest BCUT2D eigenvalue weighted by atomic mass is 35.5. The number of amides is 1. The number of halogens is 2. The van der Waals surface area contributed by atoms with E-state index >= 15 is 0 Å². The molecule has 0 radical (unpaired) electrons. The summed E-state index contributed by atoms with van der Waals surface area (Å²) in [4.78, 5) is 25.2. The highest BCUT2D eigenvalue weighted by Crippen LogP contribution is 2.29. The van der Waals surface area contributed by atoms with Crippen LogP contribution in [0.15, 0.2) is 42.5 Å². The molecular formula is C19H22ClFN4O4. The average Bonchev–Trinajstić information content (AvgIpc) is 2.68. The number of rotatable bonds is 6. The van der Waals surface area contributed by atoms with Crippen LogP contribution >= 0.6 is 12.4 Å². The fourth-order valence-corrected chi connectivity index (χ4v) is 3.25. The Kier molecular flexibility index (Phi) is 7.89. The van der Waals surface area contributed by atoms with Crippen molar-refractivity contribution in [3.63, 3.8) is 0 Å². The molecule has 29 heavy (non-hydrogen) atoms. The van der Waals surface area contributed by atoms with Crippen LogP contribution in [0.2, 0.25) is 0 Å². The molecule has 2 aromatic rings. The van der Waals surface area contributed by atoms with E-state index < -0.39 is 4.92 Å². The Morgan fingerprint density at radius 2 is 2.17 bits per heavy atom. The number of hydrogen-bond acceptors (Lipinski definition) is 6. The normalized spacial score (nSPS) is 16.6. The number of carbonyl (C=O) groups excluding carboxylic acids is 1. The van der Waals surface area contributed by atoms with Crippen molar-refractivity contribution in [1.82, 2.24) is 10.2 Å². The molecule has 1 saturated heterocycles. The molecule has 0 bridgehead atoms. The van der Waals surface area contributed by atoms with E-state index in [2.05, 4.69) is 10.6 Å². The third-order valence-corrected chi connectivity index (χ3v) is 4.61. The lowest BCUT2D eigenvalue weighted by Gasteiger charge is -2.36. The summed E-state index contributed by atoms with van der Waals surface area (Å²) in [7, 11) is 1.41. The van der Waals surface area contributed by atoms with Crippen molar-refractivity contribution in [2.24, 2.45) is 0 Å². The van der Waals surface area contributed by atoms with Crippen LogP contribution in [-0.2, 0) is 4.79 Å². The second-order valence-corrected chi connectivity index (χ2v) is 6.43. The number of piperazine rings is 1. The van der Waals surface area contributed by atoms with Gasteiger partial charge in [0.1, 0.15) is 17.3 Å². The molecule has 1 amide bonds. The van der Waals surface area contributed by atoms with E-state index in [1.807, 2.05) is 11.0 Å². The van der Waals surface area contributed by atoms with Gasteiger partial charge in [0, 0.05) is 25.7 Å². The molecule has 156 valence electrons. The highest BCUT2D eigenvalue weighted by molar-refractivity contribution is 5.94. The van der Waals surface area contributed by atoms with Crippen molar-refractivity contribution in [3.8, 4) is 5.75 Å². The van der Waals surface area contributed by atoms with Gasteiger partial charge in [0.25, 0.3) is 5.69 Å². The molecule has 1 unspecified atom stereocenters. The van der Waals surface area contributed by atoms with Gasteiger partial charge in [-0.05, 0) is 29.8 Å². The minimum atomic E-state index is -0.571. The molecule has 0 spiro atoms. The molecule has 8 nitrogen and oxygen atoms in total. The van der Waals surface area contributed by atoms with Crippen LogP contribution in [0.25, 0.3) is 0 Å². The van der Waals surface area contributed by atoms with Gasteiger partial charge >= 0.3 is 0 Å².